The van der Waals surface area contributed by atoms with E-state index in [0.29, 0.717) is 6.10 Å². The zero-order chi connectivity index (χ0) is 17.7. The normalized spacial score (nSPS) is 30.4. The molecule has 0 aromatic carbocycles. The van der Waals surface area contributed by atoms with Crippen molar-refractivity contribution in [3.05, 3.63) is 25.0 Å². The van der Waals surface area contributed by atoms with Crippen molar-refractivity contribution >= 4 is 0 Å². The van der Waals surface area contributed by atoms with Crippen molar-refractivity contribution in [2.45, 2.75) is 109 Å². The van der Waals surface area contributed by atoms with E-state index in [1.54, 1.807) is 0 Å². The summed E-state index contributed by atoms with van der Waals surface area (Å²) in [4.78, 5) is 0. The highest BCUT2D eigenvalue weighted by Gasteiger charge is 2.24. The van der Waals surface area contributed by atoms with Crippen LogP contribution in [0.5, 0.6) is 0 Å². The van der Waals surface area contributed by atoms with E-state index in [1.807, 2.05) is 6.26 Å². The zero-order valence-electron chi connectivity index (χ0n) is 16.8. The van der Waals surface area contributed by atoms with Gasteiger partial charge in [0.2, 0.25) is 0 Å². The maximum Gasteiger partial charge on any atom is 0.0978 e. The summed E-state index contributed by atoms with van der Waals surface area (Å²) in [6.07, 6.45) is 27.3. The van der Waals surface area contributed by atoms with E-state index in [1.165, 1.54) is 96.3 Å². The lowest BCUT2D eigenvalue weighted by Crippen LogP contribution is -2.21. The Morgan fingerprint density at radius 3 is 1.92 bits per heavy atom. The second-order valence-corrected chi connectivity index (χ2v) is 8.62. The number of hydrogen-bond donors (Lipinski definition) is 0. The highest BCUT2D eigenvalue weighted by Crippen LogP contribution is 2.37. The van der Waals surface area contributed by atoms with Crippen LogP contribution in [0.25, 0.3) is 0 Å². The van der Waals surface area contributed by atoms with Crippen molar-refractivity contribution in [1.29, 1.82) is 0 Å². The fraction of sp³-hybridized carbons (Fsp3) is 0.833. The Labute approximate surface area is 157 Å². The third kappa shape index (κ3) is 8.47. The highest BCUT2D eigenvalue weighted by molar-refractivity contribution is 4.80. The number of hydrogen-bond acceptors (Lipinski definition) is 1. The number of allylic oxidation sites excluding steroid dienone is 2. The van der Waals surface area contributed by atoms with Gasteiger partial charge in [0, 0.05) is 0 Å². The van der Waals surface area contributed by atoms with Crippen LogP contribution in [0.15, 0.2) is 25.0 Å². The average molecular weight is 347 g/mol. The minimum absolute atomic E-state index is 0.495. The smallest absolute Gasteiger partial charge is 0.0978 e. The molecule has 2 fully saturated rings. The first-order valence-electron chi connectivity index (χ1n) is 11.2. The van der Waals surface area contributed by atoms with Gasteiger partial charge in [-0.1, -0.05) is 57.9 Å². The van der Waals surface area contributed by atoms with E-state index in [0.717, 1.165) is 17.8 Å². The molecule has 0 amide bonds. The fourth-order valence-corrected chi connectivity index (χ4v) is 4.75. The number of unbranched alkanes of at least 4 members (excludes halogenated alkanes) is 2. The lowest BCUT2D eigenvalue weighted by atomic mass is 9.76. The molecule has 0 heterocycles. The standard InChI is InChI=1S/C24H42O/c1-3-5-7-8-20-25-24-18-16-23(17-19-24)15-14-22-12-10-21(11-13-22)9-6-4-2/h4,8,20-24H,2-3,5-7,9-19H2,1H3/t21-,22-,23-,24-. The van der Waals surface area contributed by atoms with Crippen LogP contribution in [-0.4, -0.2) is 6.10 Å². The summed E-state index contributed by atoms with van der Waals surface area (Å²) in [5, 5.41) is 0. The Morgan fingerprint density at radius 2 is 1.36 bits per heavy atom. The highest BCUT2D eigenvalue weighted by atomic mass is 16.5. The van der Waals surface area contributed by atoms with Gasteiger partial charge in [-0.3, -0.25) is 0 Å². The maximum absolute atomic E-state index is 5.93. The van der Waals surface area contributed by atoms with Gasteiger partial charge in [-0.05, 0) is 75.2 Å². The van der Waals surface area contributed by atoms with E-state index >= 15 is 0 Å². The lowest BCUT2D eigenvalue weighted by molar-refractivity contribution is 0.0836. The molecule has 0 bridgehead atoms. The van der Waals surface area contributed by atoms with Crippen molar-refractivity contribution in [1.82, 2.24) is 0 Å². The minimum Gasteiger partial charge on any atom is -0.498 e. The van der Waals surface area contributed by atoms with E-state index in [4.69, 9.17) is 4.74 Å². The quantitative estimate of drug-likeness (QED) is 0.210. The van der Waals surface area contributed by atoms with Crippen molar-refractivity contribution < 1.29 is 4.74 Å². The molecule has 0 N–H and O–H groups in total. The van der Waals surface area contributed by atoms with Crippen LogP contribution in [0.2, 0.25) is 0 Å². The first-order chi connectivity index (χ1) is 12.3. The summed E-state index contributed by atoms with van der Waals surface area (Å²) in [5.74, 6) is 2.99. The summed E-state index contributed by atoms with van der Waals surface area (Å²) < 4.78 is 5.93. The van der Waals surface area contributed by atoms with Gasteiger partial charge in [0.15, 0.2) is 0 Å². The molecule has 0 unspecified atom stereocenters. The Balaban J connectivity index is 1.51. The fourth-order valence-electron chi connectivity index (χ4n) is 4.75. The van der Waals surface area contributed by atoms with Crippen LogP contribution < -0.4 is 0 Å². The first-order valence-corrected chi connectivity index (χ1v) is 11.2. The lowest BCUT2D eigenvalue weighted by Gasteiger charge is -2.31. The summed E-state index contributed by atoms with van der Waals surface area (Å²) in [6.45, 7) is 6.10. The van der Waals surface area contributed by atoms with E-state index in [-0.39, 0.29) is 0 Å². The molecule has 0 saturated heterocycles. The van der Waals surface area contributed by atoms with Gasteiger partial charge < -0.3 is 4.74 Å². The molecular weight excluding hydrogens is 304 g/mol. The van der Waals surface area contributed by atoms with Gasteiger partial charge in [-0.25, -0.2) is 0 Å². The Bertz CT molecular complexity index is 356. The second-order valence-electron chi connectivity index (χ2n) is 8.62. The third-order valence-electron chi connectivity index (χ3n) is 6.61. The van der Waals surface area contributed by atoms with Crippen molar-refractivity contribution in [2.75, 3.05) is 0 Å². The van der Waals surface area contributed by atoms with Crippen LogP contribution in [-0.2, 0) is 4.74 Å². The molecule has 25 heavy (non-hydrogen) atoms. The van der Waals surface area contributed by atoms with Crippen LogP contribution in [0.3, 0.4) is 0 Å². The third-order valence-corrected chi connectivity index (χ3v) is 6.61. The number of rotatable bonds is 11. The molecule has 0 aromatic heterocycles. The van der Waals surface area contributed by atoms with Crippen molar-refractivity contribution in [2.24, 2.45) is 17.8 Å². The average Bonchev–Trinajstić information content (AvgIpc) is 2.66. The van der Waals surface area contributed by atoms with Crippen LogP contribution >= 0.6 is 0 Å². The molecule has 0 aromatic rings. The molecule has 2 rings (SSSR count). The van der Waals surface area contributed by atoms with Gasteiger partial charge >= 0.3 is 0 Å². The molecule has 0 atom stereocenters. The summed E-state index contributed by atoms with van der Waals surface area (Å²) in [5.41, 5.74) is 0. The molecule has 1 heteroatoms. The monoisotopic (exact) mass is 346 g/mol. The predicted molar refractivity (Wildman–Crippen MR) is 110 cm³/mol. The van der Waals surface area contributed by atoms with Crippen LogP contribution in [0.4, 0.5) is 0 Å². The molecule has 2 saturated carbocycles. The number of ether oxygens (including phenoxy) is 1. The zero-order valence-corrected chi connectivity index (χ0v) is 16.8. The van der Waals surface area contributed by atoms with E-state index < -0.39 is 0 Å². The summed E-state index contributed by atoms with van der Waals surface area (Å²) in [6, 6.07) is 0. The molecule has 1 nitrogen and oxygen atoms in total. The SMILES string of the molecule is C=CCC[C@H]1CC[C@H](CC[C@H]2CC[C@H](OC=CCCCC)CC2)CC1. The molecule has 0 aliphatic heterocycles. The van der Waals surface area contributed by atoms with Gasteiger partial charge in [-0.2, -0.15) is 0 Å². The van der Waals surface area contributed by atoms with Crippen LogP contribution in [0.1, 0.15) is 103 Å². The predicted octanol–water partition coefficient (Wildman–Crippen LogP) is 7.82. The molecule has 144 valence electrons. The molecule has 2 aliphatic rings. The van der Waals surface area contributed by atoms with Crippen molar-refractivity contribution in [3.8, 4) is 0 Å². The van der Waals surface area contributed by atoms with Crippen LogP contribution in [0, 0.1) is 17.8 Å². The van der Waals surface area contributed by atoms with Gasteiger partial charge in [0.05, 0.1) is 12.4 Å². The maximum atomic E-state index is 5.93. The van der Waals surface area contributed by atoms with Gasteiger partial charge in [0.25, 0.3) is 0 Å². The molecule has 2 aliphatic carbocycles. The minimum atomic E-state index is 0.495. The van der Waals surface area contributed by atoms with Crippen molar-refractivity contribution in [3.63, 3.8) is 0 Å². The topological polar surface area (TPSA) is 9.23 Å². The summed E-state index contributed by atoms with van der Waals surface area (Å²) >= 11 is 0. The van der Waals surface area contributed by atoms with Gasteiger partial charge in [-0.15, -0.1) is 6.58 Å². The molecular formula is C24H42O. The first kappa shape index (κ1) is 20.6. The Hall–Kier alpha value is -0.720. The Kier molecular flexibility index (Phi) is 10.4. The van der Waals surface area contributed by atoms with E-state index in [9.17, 15) is 0 Å². The molecule has 0 radical (unpaired) electrons. The second kappa shape index (κ2) is 12.6. The van der Waals surface area contributed by atoms with E-state index in [2.05, 4.69) is 25.7 Å². The largest absolute Gasteiger partial charge is 0.498 e. The molecule has 0 spiro atoms. The Morgan fingerprint density at radius 1 is 0.800 bits per heavy atom. The summed E-state index contributed by atoms with van der Waals surface area (Å²) in [7, 11) is 0. The van der Waals surface area contributed by atoms with Gasteiger partial charge in [0.1, 0.15) is 0 Å².